The van der Waals surface area contributed by atoms with E-state index in [4.69, 9.17) is 17.3 Å². The molecule has 3 aromatic rings. The molecule has 0 aliphatic carbocycles. The summed E-state index contributed by atoms with van der Waals surface area (Å²) in [5.74, 6) is 0.155. The van der Waals surface area contributed by atoms with Crippen LogP contribution in [0, 0.1) is 0 Å². The van der Waals surface area contributed by atoms with Gasteiger partial charge in [-0.05, 0) is 40.0 Å². The van der Waals surface area contributed by atoms with Crippen molar-refractivity contribution in [1.82, 2.24) is 19.5 Å². The number of hydrogen-bond acceptors (Lipinski definition) is 4. The molecule has 0 atom stereocenters. The number of aromatic amines is 1. The number of nitrogen functional groups attached to an aromatic ring is 1. The number of H-pyrrole nitrogens is 1. The molecule has 0 saturated carbocycles. The molecule has 1 aromatic carbocycles. The summed E-state index contributed by atoms with van der Waals surface area (Å²) in [6.07, 6.45) is 2.05. The van der Waals surface area contributed by atoms with E-state index in [1.807, 2.05) is 18.2 Å². The first-order valence-corrected chi connectivity index (χ1v) is 7.36. The molecule has 0 bridgehead atoms. The molecule has 3 rings (SSSR count). The normalized spacial score (nSPS) is 10.6. The van der Waals surface area contributed by atoms with E-state index < -0.39 is 0 Å². The summed E-state index contributed by atoms with van der Waals surface area (Å²) >= 11 is 9.40. The molecule has 0 radical (unpaired) electrons. The fourth-order valence-corrected chi connectivity index (χ4v) is 2.54. The quantitative estimate of drug-likeness (QED) is 0.702. The number of nitrogens with zero attached hydrogens (tertiary/aromatic N) is 3. The third-order valence-electron chi connectivity index (χ3n) is 3.18. The number of nitrogens with one attached hydrogen (secondary N) is 1. The van der Waals surface area contributed by atoms with Crippen molar-refractivity contribution in [2.75, 3.05) is 5.73 Å². The summed E-state index contributed by atoms with van der Waals surface area (Å²) in [5.41, 5.74) is 7.31. The van der Waals surface area contributed by atoms with E-state index in [2.05, 4.69) is 30.9 Å². The first kappa shape index (κ1) is 16.8. The molecule has 0 aliphatic rings. The molecule has 0 aliphatic heterocycles. The van der Waals surface area contributed by atoms with Gasteiger partial charge in [0.2, 0.25) is 5.95 Å². The predicted molar refractivity (Wildman–Crippen MR) is 92.7 cm³/mol. The molecule has 2 aromatic heterocycles. The van der Waals surface area contributed by atoms with Crippen molar-refractivity contribution in [2.45, 2.75) is 13.0 Å². The van der Waals surface area contributed by atoms with Crippen molar-refractivity contribution >= 4 is 57.1 Å². The maximum absolute atomic E-state index is 12.3. The number of nitrogens with two attached hydrogens (primary N) is 1. The zero-order chi connectivity index (χ0) is 15.0. The van der Waals surface area contributed by atoms with Crippen LogP contribution in [0.3, 0.4) is 0 Å². The zero-order valence-electron chi connectivity index (χ0n) is 11.2. The lowest BCUT2D eigenvalue weighted by molar-refractivity contribution is 0.673. The highest BCUT2D eigenvalue weighted by atomic mass is 79.9. The Labute approximate surface area is 145 Å². The number of halogens is 3. The van der Waals surface area contributed by atoms with Crippen LogP contribution in [0.2, 0.25) is 5.02 Å². The lowest BCUT2D eigenvalue weighted by Crippen LogP contribution is -2.25. The van der Waals surface area contributed by atoms with Crippen LogP contribution in [0.25, 0.3) is 11.2 Å². The number of benzene rings is 1. The van der Waals surface area contributed by atoms with Crippen LogP contribution in [0.4, 0.5) is 5.95 Å². The molecule has 2 heterocycles. The third kappa shape index (κ3) is 3.11. The summed E-state index contributed by atoms with van der Waals surface area (Å²) in [4.78, 5) is 23.1. The molecule has 9 heteroatoms. The summed E-state index contributed by atoms with van der Waals surface area (Å²) in [7, 11) is 0. The van der Waals surface area contributed by atoms with Crippen LogP contribution in [0.1, 0.15) is 5.56 Å². The average Bonchev–Trinajstić information content (AvgIpc) is 2.90. The number of imidazole rings is 1. The Kier molecular flexibility index (Phi) is 5.10. The Balaban J connectivity index is 0.00000176. The van der Waals surface area contributed by atoms with Crippen molar-refractivity contribution in [1.29, 1.82) is 0 Å². The van der Waals surface area contributed by atoms with Gasteiger partial charge in [-0.15, -0.1) is 12.4 Å². The van der Waals surface area contributed by atoms with Crippen LogP contribution in [-0.2, 0) is 13.0 Å². The van der Waals surface area contributed by atoms with Crippen molar-refractivity contribution < 1.29 is 0 Å². The van der Waals surface area contributed by atoms with Gasteiger partial charge in [-0.2, -0.15) is 4.98 Å². The second-order valence-corrected chi connectivity index (χ2v) is 5.79. The monoisotopic (exact) mass is 403 g/mol. The van der Waals surface area contributed by atoms with E-state index >= 15 is 0 Å². The zero-order valence-corrected chi connectivity index (χ0v) is 14.4. The summed E-state index contributed by atoms with van der Waals surface area (Å²) in [5, 5.41) is 0.634. The molecule has 3 N–H and O–H groups in total. The molecule has 0 amide bonds. The van der Waals surface area contributed by atoms with Gasteiger partial charge in [0.05, 0.1) is 11.3 Å². The van der Waals surface area contributed by atoms with Crippen LogP contribution in [0.5, 0.6) is 0 Å². The molecule has 116 valence electrons. The van der Waals surface area contributed by atoms with E-state index in [-0.39, 0.29) is 23.9 Å². The lowest BCUT2D eigenvalue weighted by atomic mass is 10.1. The highest BCUT2D eigenvalue weighted by Gasteiger charge is 2.10. The molecule has 6 nitrogen and oxygen atoms in total. The van der Waals surface area contributed by atoms with E-state index in [0.717, 1.165) is 10.0 Å². The molecule has 22 heavy (non-hydrogen) atoms. The Bertz CT molecular complexity index is 876. The molecule has 0 saturated heterocycles. The van der Waals surface area contributed by atoms with Gasteiger partial charge in [0.25, 0.3) is 5.56 Å². The standard InChI is InChI=1S/C13H11BrClN5O.ClH/c14-8-2-1-7(5-9(8)15)3-4-20-12(21)10-11(18-6-17-10)19-13(20)16;/h1-2,5-6H,3-4H2,(H2,16,19)(H,17,18);1H. The fraction of sp³-hybridized carbons (Fsp3) is 0.154. The molecule has 0 unspecified atom stereocenters. The number of anilines is 1. The highest BCUT2D eigenvalue weighted by Crippen LogP contribution is 2.23. The predicted octanol–water partition coefficient (Wildman–Crippen LogP) is 2.78. The molecular formula is C13H12BrCl2N5O. The van der Waals surface area contributed by atoms with Crippen molar-refractivity contribution in [3.8, 4) is 0 Å². The number of hydrogen-bond donors (Lipinski definition) is 2. The minimum absolute atomic E-state index is 0. The van der Waals surface area contributed by atoms with Gasteiger partial charge < -0.3 is 10.7 Å². The fourth-order valence-electron chi connectivity index (χ4n) is 2.09. The van der Waals surface area contributed by atoms with Gasteiger partial charge in [-0.3, -0.25) is 9.36 Å². The maximum Gasteiger partial charge on any atom is 0.280 e. The van der Waals surface area contributed by atoms with Crippen molar-refractivity contribution in [2.24, 2.45) is 0 Å². The van der Waals surface area contributed by atoms with Gasteiger partial charge in [0.15, 0.2) is 11.2 Å². The number of fused-ring (bicyclic) bond motifs is 1. The topological polar surface area (TPSA) is 89.6 Å². The van der Waals surface area contributed by atoms with Gasteiger partial charge in [-0.25, -0.2) is 4.98 Å². The lowest BCUT2D eigenvalue weighted by Gasteiger charge is -2.09. The number of aromatic nitrogens is 4. The molecular weight excluding hydrogens is 393 g/mol. The van der Waals surface area contributed by atoms with Crippen LogP contribution >= 0.6 is 39.9 Å². The smallest absolute Gasteiger partial charge is 0.280 e. The SMILES string of the molecule is Cl.Nc1nc2nc[nH]c2c(=O)n1CCc1ccc(Br)c(Cl)c1. The maximum atomic E-state index is 12.3. The van der Waals surface area contributed by atoms with E-state index in [0.29, 0.717) is 29.2 Å². The Morgan fingerprint density at radius 2 is 2.18 bits per heavy atom. The van der Waals surface area contributed by atoms with Crippen LogP contribution < -0.4 is 11.3 Å². The summed E-state index contributed by atoms with van der Waals surface area (Å²) in [6, 6.07) is 5.68. The summed E-state index contributed by atoms with van der Waals surface area (Å²) in [6.45, 7) is 0.421. The van der Waals surface area contributed by atoms with Crippen molar-refractivity contribution in [3.63, 3.8) is 0 Å². The molecule has 0 spiro atoms. The van der Waals surface area contributed by atoms with Gasteiger partial charge in [0, 0.05) is 11.0 Å². The number of rotatable bonds is 3. The Hall–Kier alpha value is -1.57. The minimum Gasteiger partial charge on any atom is -0.369 e. The van der Waals surface area contributed by atoms with E-state index in [1.165, 1.54) is 10.9 Å². The van der Waals surface area contributed by atoms with E-state index in [1.54, 1.807) is 0 Å². The third-order valence-corrected chi connectivity index (χ3v) is 4.42. The Morgan fingerprint density at radius 1 is 1.41 bits per heavy atom. The van der Waals surface area contributed by atoms with Gasteiger partial charge in [-0.1, -0.05) is 17.7 Å². The minimum atomic E-state index is -0.224. The number of aryl methyl sites for hydroxylation is 1. The first-order chi connectivity index (χ1) is 10.1. The highest BCUT2D eigenvalue weighted by molar-refractivity contribution is 9.10. The van der Waals surface area contributed by atoms with Gasteiger partial charge >= 0.3 is 0 Å². The second kappa shape index (κ2) is 6.68. The summed E-state index contributed by atoms with van der Waals surface area (Å²) < 4.78 is 2.27. The van der Waals surface area contributed by atoms with Crippen molar-refractivity contribution in [3.05, 3.63) is 49.9 Å². The first-order valence-electron chi connectivity index (χ1n) is 6.19. The van der Waals surface area contributed by atoms with Gasteiger partial charge in [0.1, 0.15) is 0 Å². The molecule has 0 fully saturated rings. The van der Waals surface area contributed by atoms with Crippen LogP contribution in [-0.4, -0.2) is 19.5 Å². The average molecular weight is 405 g/mol. The van der Waals surface area contributed by atoms with Crippen LogP contribution in [0.15, 0.2) is 33.8 Å². The largest absolute Gasteiger partial charge is 0.369 e. The van der Waals surface area contributed by atoms with E-state index in [9.17, 15) is 4.79 Å². The second-order valence-electron chi connectivity index (χ2n) is 4.53. The Morgan fingerprint density at radius 3 is 2.91 bits per heavy atom.